The van der Waals surface area contributed by atoms with Gasteiger partial charge in [-0.1, -0.05) is 20.8 Å². The van der Waals surface area contributed by atoms with Gasteiger partial charge in [0, 0.05) is 31.4 Å². The summed E-state index contributed by atoms with van der Waals surface area (Å²) in [5.41, 5.74) is -0.00764. The van der Waals surface area contributed by atoms with Gasteiger partial charge in [-0.15, -0.1) is 0 Å². The standard InChI is InChI=1S/C13H26N2/c1-11(2)7-12(3)8-15-10-13(4,5)9-14-6/h9-12H,7-8H2,1-6H3/b14-9-,15-10-/t12-/m0/s1. The quantitative estimate of drug-likeness (QED) is 0.600. The van der Waals surface area contributed by atoms with E-state index in [4.69, 9.17) is 0 Å². The average molecular weight is 210 g/mol. The van der Waals surface area contributed by atoms with Crippen LogP contribution >= 0.6 is 0 Å². The minimum Gasteiger partial charge on any atom is -0.300 e. The van der Waals surface area contributed by atoms with Crippen LogP contribution in [0.3, 0.4) is 0 Å². The molecule has 88 valence electrons. The van der Waals surface area contributed by atoms with E-state index in [1.54, 1.807) is 7.05 Å². The number of hydrogen-bond acceptors (Lipinski definition) is 2. The van der Waals surface area contributed by atoms with E-state index < -0.39 is 0 Å². The van der Waals surface area contributed by atoms with Gasteiger partial charge in [0.05, 0.1) is 0 Å². The fraction of sp³-hybridized carbons (Fsp3) is 0.846. The van der Waals surface area contributed by atoms with Crippen molar-refractivity contribution in [1.29, 1.82) is 0 Å². The van der Waals surface area contributed by atoms with E-state index in [-0.39, 0.29) is 5.41 Å². The van der Waals surface area contributed by atoms with Crippen molar-refractivity contribution in [3.8, 4) is 0 Å². The Balaban J connectivity index is 3.98. The maximum absolute atomic E-state index is 4.50. The monoisotopic (exact) mass is 210 g/mol. The smallest absolute Gasteiger partial charge is 0.0411 e. The molecule has 0 bridgehead atoms. The van der Waals surface area contributed by atoms with Crippen LogP contribution in [0.25, 0.3) is 0 Å². The van der Waals surface area contributed by atoms with Crippen LogP contribution in [0.1, 0.15) is 41.0 Å². The zero-order valence-electron chi connectivity index (χ0n) is 11.1. The molecule has 0 unspecified atom stereocenters. The second-order valence-corrected chi connectivity index (χ2v) is 5.44. The van der Waals surface area contributed by atoms with Gasteiger partial charge in [-0.2, -0.15) is 0 Å². The first kappa shape index (κ1) is 14.3. The van der Waals surface area contributed by atoms with Crippen molar-refractivity contribution in [2.75, 3.05) is 13.6 Å². The molecule has 0 aromatic rings. The highest BCUT2D eigenvalue weighted by atomic mass is 14.7. The topological polar surface area (TPSA) is 24.7 Å². The van der Waals surface area contributed by atoms with Crippen LogP contribution < -0.4 is 0 Å². The molecule has 0 aromatic heterocycles. The molecule has 0 N–H and O–H groups in total. The van der Waals surface area contributed by atoms with Crippen molar-refractivity contribution in [3.63, 3.8) is 0 Å². The highest BCUT2D eigenvalue weighted by Crippen LogP contribution is 2.12. The predicted octanol–water partition coefficient (Wildman–Crippen LogP) is 3.47. The Labute approximate surface area is 94.9 Å². The Morgan fingerprint density at radius 2 is 1.73 bits per heavy atom. The lowest BCUT2D eigenvalue weighted by Gasteiger charge is -2.14. The molecule has 0 spiro atoms. The molecule has 0 saturated heterocycles. The normalized spacial score (nSPS) is 15.7. The van der Waals surface area contributed by atoms with Gasteiger partial charge >= 0.3 is 0 Å². The van der Waals surface area contributed by atoms with Crippen LogP contribution in [0.4, 0.5) is 0 Å². The predicted molar refractivity (Wildman–Crippen MR) is 70.2 cm³/mol. The van der Waals surface area contributed by atoms with Crippen molar-refractivity contribution in [2.45, 2.75) is 41.0 Å². The highest BCUT2D eigenvalue weighted by Gasteiger charge is 2.10. The summed E-state index contributed by atoms with van der Waals surface area (Å²) in [6.07, 6.45) is 5.19. The van der Waals surface area contributed by atoms with Gasteiger partial charge in [0.25, 0.3) is 0 Å². The molecule has 0 fully saturated rings. The van der Waals surface area contributed by atoms with Crippen molar-refractivity contribution >= 4 is 12.4 Å². The summed E-state index contributed by atoms with van der Waals surface area (Å²) in [5.74, 6) is 1.44. The van der Waals surface area contributed by atoms with Crippen LogP contribution in [0.15, 0.2) is 9.98 Å². The van der Waals surface area contributed by atoms with E-state index in [9.17, 15) is 0 Å². The first-order valence-corrected chi connectivity index (χ1v) is 5.81. The van der Waals surface area contributed by atoms with Gasteiger partial charge in [-0.25, -0.2) is 0 Å². The maximum atomic E-state index is 4.50. The third-order valence-electron chi connectivity index (χ3n) is 2.18. The van der Waals surface area contributed by atoms with E-state index in [0.29, 0.717) is 5.92 Å². The summed E-state index contributed by atoms with van der Waals surface area (Å²) >= 11 is 0. The zero-order chi connectivity index (χ0) is 11.9. The summed E-state index contributed by atoms with van der Waals surface area (Å²) in [6, 6.07) is 0. The molecule has 0 amide bonds. The van der Waals surface area contributed by atoms with Crippen molar-refractivity contribution in [3.05, 3.63) is 0 Å². The van der Waals surface area contributed by atoms with Crippen LogP contribution in [0.2, 0.25) is 0 Å². The summed E-state index contributed by atoms with van der Waals surface area (Å²) in [7, 11) is 1.80. The molecular formula is C13H26N2. The molecule has 2 nitrogen and oxygen atoms in total. The van der Waals surface area contributed by atoms with Crippen LogP contribution in [-0.2, 0) is 0 Å². The summed E-state index contributed by atoms with van der Waals surface area (Å²) < 4.78 is 0. The SMILES string of the molecule is C/N=C\C(C)(C)/C=N\C[C@@H](C)CC(C)C. The number of nitrogens with zero attached hydrogens (tertiary/aromatic N) is 2. The number of aliphatic imine (C=N–C) groups is 2. The van der Waals surface area contributed by atoms with Crippen molar-refractivity contribution in [2.24, 2.45) is 27.2 Å². The molecule has 2 heteroatoms. The minimum absolute atomic E-state index is 0.00764. The molecule has 0 aliphatic rings. The Morgan fingerprint density at radius 1 is 1.13 bits per heavy atom. The van der Waals surface area contributed by atoms with E-state index in [2.05, 4.69) is 44.6 Å². The molecule has 0 aromatic carbocycles. The molecule has 0 aliphatic carbocycles. The van der Waals surface area contributed by atoms with Gasteiger partial charge in [0.15, 0.2) is 0 Å². The summed E-state index contributed by atoms with van der Waals surface area (Å²) in [4.78, 5) is 8.54. The van der Waals surface area contributed by atoms with Gasteiger partial charge in [0.2, 0.25) is 0 Å². The van der Waals surface area contributed by atoms with E-state index in [1.807, 2.05) is 12.4 Å². The third-order valence-corrected chi connectivity index (χ3v) is 2.18. The Bertz CT molecular complexity index is 215. The van der Waals surface area contributed by atoms with Crippen molar-refractivity contribution in [1.82, 2.24) is 0 Å². The summed E-state index contributed by atoms with van der Waals surface area (Å²) in [5, 5.41) is 0. The number of rotatable bonds is 6. The zero-order valence-corrected chi connectivity index (χ0v) is 11.1. The molecule has 0 rings (SSSR count). The Morgan fingerprint density at radius 3 is 2.20 bits per heavy atom. The lowest BCUT2D eigenvalue weighted by molar-refractivity contribution is 0.447. The average Bonchev–Trinajstić information content (AvgIpc) is 2.01. The molecule has 1 atom stereocenters. The molecule has 0 aliphatic heterocycles. The van der Waals surface area contributed by atoms with Gasteiger partial charge < -0.3 is 0 Å². The van der Waals surface area contributed by atoms with E-state index >= 15 is 0 Å². The molecule has 15 heavy (non-hydrogen) atoms. The van der Waals surface area contributed by atoms with Gasteiger partial charge in [-0.3, -0.25) is 9.98 Å². The molecular weight excluding hydrogens is 184 g/mol. The molecule has 0 radical (unpaired) electrons. The first-order valence-electron chi connectivity index (χ1n) is 5.81. The van der Waals surface area contributed by atoms with E-state index in [1.165, 1.54) is 6.42 Å². The highest BCUT2D eigenvalue weighted by molar-refractivity contribution is 5.87. The van der Waals surface area contributed by atoms with E-state index in [0.717, 1.165) is 12.5 Å². The Hall–Kier alpha value is -0.660. The minimum atomic E-state index is -0.00764. The van der Waals surface area contributed by atoms with Gasteiger partial charge in [0.1, 0.15) is 0 Å². The lowest BCUT2D eigenvalue weighted by atomic mass is 9.96. The third kappa shape index (κ3) is 8.34. The Kier molecular flexibility index (Phi) is 6.46. The van der Waals surface area contributed by atoms with Crippen LogP contribution in [0, 0.1) is 17.3 Å². The van der Waals surface area contributed by atoms with Crippen LogP contribution in [-0.4, -0.2) is 26.0 Å². The fourth-order valence-corrected chi connectivity index (χ4v) is 1.71. The largest absolute Gasteiger partial charge is 0.300 e. The van der Waals surface area contributed by atoms with Crippen LogP contribution in [0.5, 0.6) is 0 Å². The second kappa shape index (κ2) is 6.76. The summed E-state index contributed by atoms with van der Waals surface area (Å²) in [6.45, 7) is 12.0. The maximum Gasteiger partial charge on any atom is 0.0411 e. The fourth-order valence-electron chi connectivity index (χ4n) is 1.71. The molecule has 0 heterocycles. The van der Waals surface area contributed by atoms with Crippen molar-refractivity contribution < 1.29 is 0 Å². The lowest BCUT2D eigenvalue weighted by Crippen LogP contribution is -2.15. The first-order chi connectivity index (χ1) is 6.87. The molecule has 0 saturated carbocycles. The second-order valence-electron chi connectivity index (χ2n) is 5.44. The number of hydrogen-bond donors (Lipinski definition) is 0. The van der Waals surface area contributed by atoms with Gasteiger partial charge in [-0.05, 0) is 32.1 Å².